The maximum atomic E-state index is 12.9. The minimum Gasteiger partial charge on any atom is -0.382 e. The second-order valence-electron chi connectivity index (χ2n) is 7.49. The minimum atomic E-state index is -1.70. The monoisotopic (exact) mass is 345 g/mol. The summed E-state index contributed by atoms with van der Waals surface area (Å²) in [5.41, 5.74) is 0.822. The SMILES string of the molecule is CNC(=O)C(N(C)C(=O)[C@H](CC(C)C)C(O)C(=O)NO)C(C)(C)C. The Kier molecular flexibility index (Phi) is 8.36. The van der Waals surface area contributed by atoms with Crippen LogP contribution in [0.2, 0.25) is 0 Å². The van der Waals surface area contributed by atoms with Crippen LogP contribution in [0.4, 0.5) is 0 Å². The van der Waals surface area contributed by atoms with Gasteiger partial charge in [-0.15, -0.1) is 0 Å². The molecule has 0 aromatic rings. The second-order valence-corrected chi connectivity index (χ2v) is 7.49. The summed E-state index contributed by atoms with van der Waals surface area (Å²) >= 11 is 0. The molecule has 0 aliphatic carbocycles. The number of aliphatic hydroxyl groups excluding tert-OH is 1. The highest BCUT2D eigenvalue weighted by Gasteiger charge is 2.41. The molecule has 0 aliphatic rings. The smallest absolute Gasteiger partial charge is 0.272 e. The molecule has 0 rings (SSSR count). The van der Waals surface area contributed by atoms with Crippen LogP contribution in [-0.2, 0) is 14.4 Å². The van der Waals surface area contributed by atoms with Crippen LogP contribution in [0, 0.1) is 17.3 Å². The van der Waals surface area contributed by atoms with Crippen molar-refractivity contribution in [2.75, 3.05) is 14.1 Å². The number of hydrogen-bond acceptors (Lipinski definition) is 5. The summed E-state index contributed by atoms with van der Waals surface area (Å²) in [6.07, 6.45) is -1.46. The van der Waals surface area contributed by atoms with E-state index in [1.165, 1.54) is 24.5 Å². The fourth-order valence-corrected chi connectivity index (χ4v) is 2.80. The summed E-state index contributed by atoms with van der Waals surface area (Å²) < 4.78 is 0. The number of hydrogen-bond donors (Lipinski definition) is 4. The van der Waals surface area contributed by atoms with Crippen LogP contribution in [0.15, 0.2) is 0 Å². The topological polar surface area (TPSA) is 119 Å². The first-order valence-electron chi connectivity index (χ1n) is 7.98. The Bertz CT molecular complexity index is 459. The third-order valence-corrected chi connectivity index (χ3v) is 3.85. The van der Waals surface area contributed by atoms with Crippen LogP contribution >= 0.6 is 0 Å². The first kappa shape index (κ1) is 22.3. The van der Waals surface area contributed by atoms with Gasteiger partial charge in [-0.3, -0.25) is 19.6 Å². The second kappa shape index (κ2) is 8.98. The van der Waals surface area contributed by atoms with Crippen LogP contribution in [0.5, 0.6) is 0 Å². The van der Waals surface area contributed by atoms with Crippen LogP contribution in [0.3, 0.4) is 0 Å². The molecule has 3 atom stereocenters. The molecule has 0 aromatic carbocycles. The van der Waals surface area contributed by atoms with Crippen molar-refractivity contribution in [3.63, 3.8) is 0 Å². The van der Waals surface area contributed by atoms with E-state index >= 15 is 0 Å². The molecule has 8 nitrogen and oxygen atoms in total. The van der Waals surface area contributed by atoms with Gasteiger partial charge in [0.2, 0.25) is 11.8 Å². The zero-order valence-electron chi connectivity index (χ0n) is 15.6. The molecule has 0 fully saturated rings. The van der Waals surface area contributed by atoms with Gasteiger partial charge >= 0.3 is 0 Å². The lowest BCUT2D eigenvalue weighted by Crippen LogP contribution is -2.56. The fourth-order valence-electron chi connectivity index (χ4n) is 2.80. The lowest BCUT2D eigenvalue weighted by atomic mass is 9.83. The number of aliphatic hydroxyl groups is 1. The van der Waals surface area contributed by atoms with Crippen molar-refractivity contribution in [1.82, 2.24) is 15.7 Å². The lowest BCUT2D eigenvalue weighted by Gasteiger charge is -2.38. The molecular weight excluding hydrogens is 314 g/mol. The number of nitrogens with zero attached hydrogens (tertiary/aromatic N) is 1. The van der Waals surface area contributed by atoms with Gasteiger partial charge in [-0.05, 0) is 17.8 Å². The third kappa shape index (κ3) is 5.76. The molecule has 0 heterocycles. The van der Waals surface area contributed by atoms with Crippen molar-refractivity contribution in [3.05, 3.63) is 0 Å². The predicted octanol–water partition coefficient (Wildman–Crippen LogP) is 0.134. The summed E-state index contributed by atoms with van der Waals surface area (Å²) in [4.78, 5) is 37.9. The zero-order valence-corrected chi connectivity index (χ0v) is 15.6. The average molecular weight is 345 g/mol. The summed E-state index contributed by atoms with van der Waals surface area (Å²) in [7, 11) is 2.96. The summed E-state index contributed by atoms with van der Waals surface area (Å²) in [6, 6.07) is -0.769. The first-order chi connectivity index (χ1) is 10.9. The van der Waals surface area contributed by atoms with Crippen LogP contribution in [0.1, 0.15) is 41.0 Å². The van der Waals surface area contributed by atoms with Crippen molar-refractivity contribution in [2.45, 2.75) is 53.2 Å². The Hall–Kier alpha value is -1.67. The molecule has 0 aromatic heterocycles. The maximum absolute atomic E-state index is 12.9. The normalized spacial score (nSPS) is 15.4. The van der Waals surface area contributed by atoms with Gasteiger partial charge in [-0.25, -0.2) is 5.48 Å². The third-order valence-electron chi connectivity index (χ3n) is 3.85. The molecule has 2 unspecified atom stereocenters. The Morgan fingerprint density at radius 1 is 1.12 bits per heavy atom. The molecule has 0 radical (unpaired) electrons. The largest absolute Gasteiger partial charge is 0.382 e. The van der Waals surface area contributed by atoms with Crippen molar-refractivity contribution in [2.24, 2.45) is 17.3 Å². The zero-order chi connectivity index (χ0) is 19.2. The molecule has 0 saturated heterocycles. The van der Waals surface area contributed by atoms with Gasteiger partial charge in [0.05, 0.1) is 5.92 Å². The minimum absolute atomic E-state index is 0.0292. The number of rotatable bonds is 7. The number of carbonyl (C=O) groups excluding carboxylic acids is 3. The van der Waals surface area contributed by atoms with Crippen LogP contribution in [-0.4, -0.2) is 59.2 Å². The number of carbonyl (C=O) groups is 3. The van der Waals surface area contributed by atoms with E-state index < -0.39 is 35.3 Å². The van der Waals surface area contributed by atoms with Crippen molar-refractivity contribution in [3.8, 4) is 0 Å². The van der Waals surface area contributed by atoms with Gasteiger partial charge in [-0.1, -0.05) is 34.6 Å². The summed E-state index contributed by atoms with van der Waals surface area (Å²) in [5, 5.41) is 21.4. The molecule has 3 amide bonds. The lowest BCUT2D eigenvalue weighted by molar-refractivity contribution is -0.155. The van der Waals surface area contributed by atoms with Crippen LogP contribution in [0.25, 0.3) is 0 Å². The number of likely N-dealkylation sites (N-methyl/N-ethyl adjacent to an activating group) is 2. The average Bonchev–Trinajstić information content (AvgIpc) is 2.48. The quantitative estimate of drug-likeness (QED) is 0.386. The molecule has 0 saturated carbocycles. The molecule has 0 aliphatic heterocycles. The standard InChI is InChI=1S/C16H31N3O5/c1-9(2)8-10(11(20)13(21)18-24)15(23)19(7)12(14(22)17-6)16(3,4)5/h9-12,20,24H,8H2,1-7H3,(H,17,22)(H,18,21)/t10-,11?,12?/m1/s1. The van der Waals surface area contributed by atoms with Gasteiger partial charge in [0.25, 0.3) is 5.91 Å². The van der Waals surface area contributed by atoms with Gasteiger partial charge in [0, 0.05) is 14.1 Å². The number of hydroxylamine groups is 1. The fraction of sp³-hybridized carbons (Fsp3) is 0.812. The Balaban J connectivity index is 5.66. The highest BCUT2D eigenvalue weighted by atomic mass is 16.5. The number of nitrogens with one attached hydrogen (secondary N) is 2. The predicted molar refractivity (Wildman–Crippen MR) is 89.0 cm³/mol. The van der Waals surface area contributed by atoms with Gasteiger partial charge in [0.15, 0.2) is 0 Å². The Morgan fingerprint density at radius 2 is 1.62 bits per heavy atom. The highest BCUT2D eigenvalue weighted by Crippen LogP contribution is 2.27. The van der Waals surface area contributed by atoms with E-state index in [2.05, 4.69) is 5.32 Å². The Morgan fingerprint density at radius 3 is 1.96 bits per heavy atom. The maximum Gasteiger partial charge on any atom is 0.272 e. The van der Waals surface area contributed by atoms with Crippen LogP contribution < -0.4 is 10.8 Å². The molecule has 8 heteroatoms. The molecule has 140 valence electrons. The number of amides is 3. The molecular formula is C16H31N3O5. The van der Waals surface area contributed by atoms with E-state index in [0.29, 0.717) is 0 Å². The van der Waals surface area contributed by atoms with Gasteiger partial charge in [-0.2, -0.15) is 0 Å². The van der Waals surface area contributed by atoms with E-state index in [0.717, 1.165) is 0 Å². The van der Waals surface area contributed by atoms with E-state index in [4.69, 9.17) is 5.21 Å². The van der Waals surface area contributed by atoms with Crippen molar-refractivity contribution >= 4 is 17.7 Å². The summed E-state index contributed by atoms with van der Waals surface area (Å²) in [6.45, 7) is 9.18. The van der Waals surface area contributed by atoms with Gasteiger partial charge < -0.3 is 15.3 Å². The highest BCUT2D eigenvalue weighted by molar-refractivity contribution is 5.92. The first-order valence-corrected chi connectivity index (χ1v) is 7.98. The van der Waals surface area contributed by atoms with E-state index in [1.807, 2.05) is 34.6 Å². The molecule has 4 N–H and O–H groups in total. The molecule has 24 heavy (non-hydrogen) atoms. The summed E-state index contributed by atoms with van der Waals surface area (Å²) in [5.74, 6) is -2.93. The molecule has 0 bridgehead atoms. The van der Waals surface area contributed by atoms with E-state index in [-0.39, 0.29) is 18.2 Å². The van der Waals surface area contributed by atoms with Crippen molar-refractivity contribution in [1.29, 1.82) is 0 Å². The Labute approximate surface area is 143 Å². The van der Waals surface area contributed by atoms with E-state index in [9.17, 15) is 19.5 Å². The van der Waals surface area contributed by atoms with Crippen molar-refractivity contribution < 1.29 is 24.7 Å². The van der Waals surface area contributed by atoms with E-state index in [1.54, 1.807) is 0 Å². The molecule has 0 spiro atoms. The van der Waals surface area contributed by atoms with Gasteiger partial charge in [0.1, 0.15) is 12.1 Å².